The minimum absolute atomic E-state index is 0.0338. The van der Waals surface area contributed by atoms with Crippen LogP contribution in [0, 0.1) is 0 Å². The predicted octanol–water partition coefficient (Wildman–Crippen LogP) is 1.34. The van der Waals surface area contributed by atoms with E-state index in [2.05, 4.69) is 5.32 Å². The molecule has 1 N–H and O–H groups in total. The van der Waals surface area contributed by atoms with Crippen LogP contribution in [0.15, 0.2) is 24.3 Å². The van der Waals surface area contributed by atoms with Gasteiger partial charge < -0.3 is 19.7 Å². The van der Waals surface area contributed by atoms with Crippen LogP contribution in [-0.4, -0.2) is 49.2 Å². The molecule has 2 fully saturated rings. The van der Waals surface area contributed by atoms with Gasteiger partial charge in [-0.2, -0.15) is 0 Å². The number of piperidine rings is 1. The fraction of sp³-hybridized carbons (Fsp3) is 0.500. The molecule has 2 aliphatic heterocycles. The van der Waals surface area contributed by atoms with E-state index in [4.69, 9.17) is 9.47 Å². The van der Waals surface area contributed by atoms with Gasteiger partial charge in [0.1, 0.15) is 11.4 Å². The molecule has 0 radical (unpaired) electrons. The van der Waals surface area contributed by atoms with Crippen molar-refractivity contribution in [2.24, 2.45) is 0 Å². The molecule has 1 atom stereocenters. The van der Waals surface area contributed by atoms with Crippen LogP contribution in [0.1, 0.15) is 18.4 Å². The van der Waals surface area contributed by atoms with Gasteiger partial charge in [0.2, 0.25) is 5.91 Å². The molecule has 6 nitrogen and oxygen atoms in total. The van der Waals surface area contributed by atoms with Crippen LogP contribution in [-0.2, 0) is 16.0 Å². The molecule has 0 saturated carbocycles. The third kappa shape index (κ3) is 2.86. The molecular weight excluding hydrogens is 284 g/mol. The molecule has 1 aromatic carbocycles. The number of hydrogen-bond donors (Lipinski definition) is 1. The number of hydrogen-bond acceptors (Lipinski definition) is 4. The Hall–Kier alpha value is -2.24. The third-order valence-electron chi connectivity index (χ3n) is 4.29. The molecular formula is C16H20N2O4. The minimum atomic E-state index is -0.550. The van der Waals surface area contributed by atoms with E-state index in [0.717, 1.165) is 24.2 Å². The molecule has 0 aromatic heterocycles. The minimum Gasteiger partial charge on any atom is -0.496 e. The maximum absolute atomic E-state index is 12.6. The first-order valence-corrected chi connectivity index (χ1v) is 7.48. The van der Waals surface area contributed by atoms with Gasteiger partial charge in [0.05, 0.1) is 26.6 Å². The molecule has 1 aromatic rings. The number of nitrogens with one attached hydrogen (secondary N) is 1. The van der Waals surface area contributed by atoms with Gasteiger partial charge in [0.25, 0.3) is 0 Å². The Morgan fingerprint density at radius 1 is 1.45 bits per heavy atom. The highest BCUT2D eigenvalue weighted by molar-refractivity contribution is 5.80. The van der Waals surface area contributed by atoms with E-state index < -0.39 is 5.60 Å². The smallest absolute Gasteiger partial charge is 0.407 e. The number of rotatable bonds is 3. The standard InChI is InChI=1S/C16H20N2O4/c1-21-13-6-3-2-5-12(13)9-14(19)18-8-4-7-16(11-18)10-17-15(20)22-16/h2-3,5-6H,4,7-11H2,1H3,(H,17,20)/t16-/m1/s1. The average Bonchev–Trinajstić information content (AvgIpc) is 2.88. The second-order valence-electron chi connectivity index (χ2n) is 5.83. The molecule has 2 saturated heterocycles. The molecule has 0 aliphatic carbocycles. The van der Waals surface area contributed by atoms with Crippen molar-refractivity contribution < 1.29 is 19.1 Å². The number of ether oxygens (including phenoxy) is 2. The molecule has 2 heterocycles. The maximum atomic E-state index is 12.6. The first-order chi connectivity index (χ1) is 10.6. The van der Waals surface area contributed by atoms with Gasteiger partial charge in [-0.1, -0.05) is 18.2 Å². The lowest BCUT2D eigenvalue weighted by Crippen LogP contribution is -2.52. The highest BCUT2D eigenvalue weighted by Gasteiger charge is 2.44. The number of alkyl carbamates (subject to hydrolysis) is 1. The summed E-state index contributed by atoms with van der Waals surface area (Å²) in [6.45, 7) is 1.64. The number of carbonyl (C=O) groups is 2. The lowest BCUT2D eigenvalue weighted by molar-refractivity contribution is -0.136. The van der Waals surface area contributed by atoms with Crippen molar-refractivity contribution in [2.75, 3.05) is 26.7 Å². The first kappa shape index (κ1) is 14.7. The van der Waals surface area contributed by atoms with Gasteiger partial charge in [-0.05, 0) is 18.9 Å². The summed E-state index contributed by atoms with van der Waals surface area (Å²) in [6.07, 6.45) is 1.54. The van der Waals surface area contributed by atoms with E-state index in [1.807, 2.05) is 24.3 Å². The van der Waals surface area contributed by atoms with Gasteiger partial charge in [-0.25, -0.2) is 4.79 Å². The second-order valence-corrected chi connectivity index (χ2v) is 5.83. The molecule has 1 spiro atoms. The lowest BCUT2D eigenvalue weighted by atomic mass is 9.92. The van der Waals surface area contributed by atoms with E-state index in [9.17, 15) is 9.59 Å². The Kier molecular flexibility index (Phi) is 3.92. The summed E-state index contributed by atoms with van der Waals surface area (Å²) in [4.78, 5) is 25.7. The van der Waals surface area contributed by atoms with Gasteiger partial charge in [0.15, 0.2) is 0 Å². The zero-order valence-electron chi connectivity index (χ0n) is 12.6. The molecule has 2 amide bonds. The van der Waals surface area contributed by atoms with Crippen molar-refractivity contribution in [3.05, 3.63) is 29.8 Å². The van der Waals surface area contributed by atoms with E-state index in [1.165, 1.54) is 0 Å². The van der Waals surface area contributed by atoms with E-state index in [0.29, 0.717) is 26.1 Å². The summed E-state index contributed by atoms with van der Waals surface area (Å²) in [5.41, 5.74) is 0.322. The second kappa shape index (κ2) is 5.87. The van der Waals surface area contributed by atoms with Crippen molar-refractivity contribution in [3.63, 3.8) is 0 Å². The summed E-state index contributed by atoms with van der Waals surface area (Å²) >= 11 is 0. The molecule has 0 bridgehead atoms. The Bertz CT molecular complexity index is 589. The molecule has 6 heteroatoms. The van der Waals surface area contributed by atoms with Gasteiger partial charge in [0, 0.05) is 12.1 Å². The van der Waals surface area contributed by atoms with Crippen molar-refractivity contribution in [1.29, 1.82) is 0 Å². The summed E-state index contributed by atoms with van der Waals surface area (Å²) in [6, 6.07) is 7.52. The zero-order chi connectivity index (χ0) is 15.6. The number of amides is 2. The van der Waals surface area contributed by atoms with Gasteiger partial charge in [-0.3, -0.25) is 4.79 Å². The van der Waals surface area contributed by atoms with Crippen LogP contribution in [0.25, 0.3) is 0 Å². The Balaban J connectivity index is 1.68. The molecule has 2 aliphatic rings. The Morgan fingerprint density at radius 2 is 2.27 bits per heavy atom. The highest BCUT2D eigenvalue weighted by atomic mass is 16.6. The SMILES string of the molecule is COc1ccccc1CC(=O)N1CCC[C@@]2(CNC(=O)O2)C1. The Labute approximate surface area is 129 Å². The average molecular weight is 304 g/mol. The van der Waals surface area contributed by atoms with Gasteiger partial charge >= 0.3 is 6.09 Å². The Morgan fingerprint density at radius 3 is 3.00 bits per heavy atom. The van der Waals surface area contributed by atoms with Crippen molar-refractivity contribution in [1.82, 2.24) is 10.2 Å². The highest BCUT2D eigenvalue weighted by Crippen LogP contribution is 2.29. The fourth-order valence-electron chi connectivity index (χ4n) is 3.16. The van der Waals surface area contributed by atoms with E-state index in [-0.39, 0.29) is 12.0 Å². The summed E-state index contributed by atoms with van der Waals surface area (Å²) in [7, 11) is 1.60. The largest absolute Gasteiger partial charge is 0.496 e. The van der Waals surface area contributed by atoms with Gasteiger partial charge in [-0.15, -0.1) is 0 Å². The monoisotopic (exact) mass is 304 g/mol. The maximum Gasteiger partial charge on any atom is 0.407 e. The number of benzene rings is 1. The summed E-state index contributed by atoms with van der Waals surface area (Å²) in [5.74, 6) is 0.753. The molecule has 118 valence electrons. The number of likely N-dealkylation sites (tertiary alicyclic amines) is 1. The number of carbonyl (C=O) groups excluding carboxylic acids is 2. The number of nitrogens with zero attached hydrogens (tertiary/aromatic N) is 1. The lowest BCUT2D eigenvalue weighted by Gasteiger charge is -2.38. The van der Waals surface area contributed by atoms with Crippen LogP contribution in [0.5, 0.6) is 5.75 Å². The normalized spacial score (nSPS) is 24.0. The van der Waals surface area contributed by atoms with Crippen molar-refractivity contribution >= 4 is 12.0 Å². The van der Waals surface area contributed by atoms with Crippen molar-refractivity contribution in [2.45, 2.75) is 24.9 Å². The fourth-order valence-corrected chi connectivity index (χ4v) is 3.16. The van der Waals surface area contributed by atoms with Crippen LogP contribution in [0.3, 0.4) is 0 Å². The molecule has 3 rings (SSSR count). The van der Waals surface area contributed by atoms with Crippen molar-refractivity contribution in [3.8, 4) is 5.75 Å². The van der Waals surface area contributed by atoms with E-state index in [1.54, 1.807) is 12.0 Å². The van der Waals surface area contributed by atoms with Crippen LogP contribution >= 0.6 is 0 Å². The summed E-state index contributed by atoms with van der Waals surface area (Å²) < 4.78 is 10.7. The number of methoxy groups -OCH3 is 1. The predicted molar refractivity (Wildman–Crippen MR) is 79.7 cm³/mol. The first-order valence-electron chi connectivity index (χ1n) is 7.48. The van der Waals surface area contributed by atoms with Crippen LogP contribution < -0.4 is 10.1 Å². The topological polar surface area (TPSA) is 67.9 Å². The third-order valence-corrected chi connectivity index (χ3v) is 4.29. The number of para-hydroxylation sites is 1. The summed E-state index contributed by atoms with van der Waals surface area (Å²) in [5, 5.41) is 2.69. The zero-order valence-corrected chi connectivity index (χ0v) is 12.6. The van der Waals surface area contributed by atoms with Crippen LogP contribution in [0.4, 0.5) is 4.79 Å². The molecule has 22 heavy (non-hydrogen) atoms. The van der Waals surface area contributed by atoms with E-state index >= 15 is 0 Å². The molecule has 0 unspecified atom stereocenters. The quantitative estimate of drug-likeness (QED) is 0.915. The van der Waals surface area contributed by atoms with Crippen LogP contribution in [0.2, 0.25) is 0 Å².